The second-order valence-electron chi connectivity index (χ2n) is 6.39. The van der Waals surface area contributed by atoms with Crippen molar-refractivity contribution in [3.8, 4) is 0 Å². The van der Waals surface area contributed by atoms with Gasteiger partial charge in [-0.2, -0.15) is 0 Å². The Morgan fingerprint density at radius 3 is 2.53 bits per heavy atom. The summed E-state index contributed by atoms with van der Waals surface area (Å²) in [5.41, 5.74) is 0.0781. The zero-order chi connectivity index (χ0) is 13.1. The molecule has 2 N–H and O–H groups in total. The molecule has 17 heavy (non-hydrogen) atoms. The van der Waals surface area contributed by atoms with Crippen molar-refractivity contribution in [1.29, 1.82) is 0 Å². The summed E-state index contributed by atoms with van der Waals surface area (Å²) < 4.78 is 0. The quantitative estimate of drug-likeness (QED) is 0.748. The van der Waals surface area contributed by atoms with Crippen LogP contribution in [0.4, 0.5) is 0 Å². The topological polar surface area (TPSA) is 38.7 Å². The maximum Gasteiger partial charge on any atom is 0.0791 e. The molecule has 1 fully saturated rings. The molecule has 2 unspecified atom stereocenters. The van der Waals surface area contributed by atoms with Gasteiger partial charge in [-0.15, -0.1) is 0 Å². The second kappa shape index (κ2) is 6.14. The molecular weight excluding hydrogens is 214 g/mol. The minimum Gasteiger partial charge on any atom is -0.390 e. The molecule has 0 spiro atoms. The van der Waals surface area contributed by atoms with Gasteiger partial charge in [-0.25, -0.2) is 0 Å². The fourth-order valence-electron chi connectivity index (χ4n) is 2.21. The Hall–Kier alpha value is -0.160. The van der Waals surface area contributed by atoms with E-state index < -0.39 is 0 Å². The standard InChI is InChI=1S/C13H29N3O/c1-11-9-15(5)6-7-16(11)10-12(17)8-14-13(2,3)4/h11-12,14,17H,6-10H2,1-5H3. The minimum atomic E-state index is -0.278. The largest absolute Gasteiger partial charge is 0.390 e. The average molecular weight is 243 g/mol. The highest BCUT2D eigenvalue weighted by molar-refractivity contribution is 4.81. The summed E-state index contributed by atoms with van der Waals surface area (Å²) in [7, 11) is 2.16. The number of nitrogens with zero attached hydrogens (tertiary/aromatic N) is 2. The summed E-state index contributed by atoms with van der Waals surface area (Å²) in [6.45, 7) is 13.3. The van der Waals surface area contributed by atoms with Gasteiger partial charge in [-0.3, -0.25) is 4.90 Å². The lowest BCUT2D eigenvalue weighted by molar-refractivity contribution is 0.0456. The summed E-state index contributed by atoms with van der Waals surface area (Å²) in [6.07, 6.45) is -0.278. The fourth-order valence-corrected chi connectivity index (χ4v) is 2.21. The van der Waals surface area contributed by atoms with Crippen LogP contribution in [-0.2, 0) is 0 Å². The summed E-state index contributed by atoms with van der Waals surface area (Å²) in [5, 5.41) is 13.4. The molecule has 0 saturated carbocycles. The molecule has 0 radical (unpaired) electrons. The van der Waals surface area contributed by atoms with Gasteiger partial charge in [0.25, 0.3) is 0 Å². The summed E-state index contributed by atoms with van der Waals surface area (Å²) in [4.78, 5) is 4.73. The van der Waals surface area contributed by atoms with Gasteiger partial charge in [0.15, 0.2) is 0 Å². The monoisotopic (exact) mass is 243 g/mol. The summed E-state index contributed by atoms with van der Waals surface area (Å²) >= 11 is 0. The van der Waals surface area contributed by atoms with Gasteiger partial charge in [-0.1, -0.05) is 0 Å². The molecule has 1 rings (SSSR count). The molecule has 1 aliphatic heterocycles. The Labute approximate surface area is 106 Å². The van der Waals surface area contributed by atoms with Crippen molar-refractivity contribution in [2.24, 2.45) is 0 Å². The highest BCUT2D eigenvalue weighted by Crippen LogP contribution is 2.08. The van der Waals surface area contributed by atoms with Crippen molar-refractivity contribution >= 4 is 0 Å². The fraction of sp³-hybridized carbons (Fsp3) is 1.00. The predicted molar refractivity (Wildman–Crippen MR) is 72.3 cm³/mol. The van der Waals surface area contributed by atoms with Crippen LogP contribution < -0.4 is 5.32 Å². The van der Waals surface area contributed by atoms with Crippen LogP contribution >= 0.6 is 0 Å². The first-order valence-electron chi connectivity index (χ1n) is 6.63. The van der Waals surface area contributed by atoms with Gasteiger partial charge >= 0.3 is 0 Å². The molecule has 0 aliphatic carbocycles. The molecular formula is C13H29N3O. The molecule has 4 nitrogen and oxygen atoms in total. The van der Waals surface area contributed by atoms with Crippen LogP contribution in [0.1, 0.15) is 27.7 Å². The zero-order valence-corrected chi connectivity index (χ0v) is 12.0. The van der Waals surface area contributed by atoms with E-state index in [0.717, 1.165) is 26.2 Å². The highest BCUT2D eigenvalue weighted by atomic mass is 16.3. The molecule has 0 bridgehead atoms. The second-order valence-corrected chi connectivity index (χ2v) is 6.39. The van der Waals surface area contributed by atoms with E-state index in [-0.39, 0.29) is 11.6 Å². The first kappa shape index (κ1) is 14.9. The van der Waals surface area contributed by atoms with Gasteiger partial charge in [0, 0.05) is 44.3 Å². The Kier molecular flexibility index (Phi) is 5.38. The normalized spacial score (nSPS) is 26.1. The van der Waals surface area contributed by atoms with Crippen molar-refractivity contribution in [2.45, 2.75) is 45.4 Å². The lowest BCUT2D eigenvalue weighted by atomic mass is 10.1. The number of rotatable bonds is 4. The zero-order valence-electron chi connectivity index (χ0n) is 12.0. The van der Waals surface area contributed by atoms with Crippen molar-refractivity contribution in [1.82, 2.24) is 15.1 Å². The van der Waals surface area contributed by atoms with E-state index >= 15 is 0 Å². The highest BCUT2D eigenvalue weighted by Gasteiger charge is 2.23. The maximum absolute atomic E-state index is 10.0. The smallest absolute Gasteiger partial charge is 0.0791 e. The molecule has 0 aromatic carbocycles. The van der Waals surface area contributed by atoms with E-state index in [4.69, 9.17) is 0 Å². The number of likely N-dealkylation sites (N-methyl/N-ethyl adjacent to an activating group) is 1. The number of hydrogen-bond donors (Lipinski definition) is 2. The van der Waals surface area contributed by atoms with E-state index in [1.54, 1.807) is 0 Å². The molecule has 2 atom stereocenters. The van der Waals surface area contributed by atoms with Crippen molar-refractivity contribution in [3.05, 3.63) is 0 Å². The van der Waals surface area contributed by atoms with Gasteiger partial charge in [0.1, 0.15) is 0 Å². The van der Waals surface area contributed by atoms with Gasteiger partial charge in [-0.05, 0) is 34.7 Å². The number of aliphatic hydroxyl groups excluding tert-OH is 1. The van der Waals surface area contributed by atoms with Crippen LogP contribution in [-0.4, -0.2) is 72.4 Å². The molecule has 1 heterocycles. The lowest BCUT2D eigenvalue weighted by Crippen LogP contribution is -2.54. The Bertz CT molecular complexity index is 227. The van der Waals surface area contributed by atoms with Crippen LogP contribution in [0.3, 0.4) is 0 Å². The summed E-state index contributed by atoms with van der Waals surface area (Å²) in [6, 6.07) is 0.540. The van der Waals surface area contributed by atoms with Crippen molar-refractivity contribution in [3.63, 3.8) is 0 Å². The number of nitrogens with one attached hydrogen (secondary N) is 1. The molecule has 1 saturated heterocycles. The Balaban J connectivity index is 2.28. The Morgan fingerprint density at radius 1 is 1.35 bits per heavy atom. The minimum absolute atomic E-state index is 0.0781. The van der Waals surface area contributed by atoms with Gasteiger partial charge < -0.3 is 15.3 Å². The predicted octanol–water partition coefficient (Wildman–Crippen LogP) is 0.371. The molecule has 0 aromatic rings. The molecule has 0 aromatic heterocycles. The Morgan fingerprint density at radius 2 is 2.00 bits per heavy atom. The van der Waals surface area contributed by atoms with Crippen LogP contribution in [0.2, 0.25) is 0 Å². The van der Waals surface area contributed by atoms with Crippen LogP contribution in [0.15, 0.2) is 0 Å². The number of piperazine rings is 1. The number of aliphatic hydroxyl groups is 1. The van der Waals surface area contributed by atoms with Gasteiger partial charge in [0.2, 0.25) is 0 Å². The van der Waals surface area contributed by atoms with Crippen LogP contribution in [0.25, 0.3) is 0 Å². The van der Waals surface area contributed by atoms with E-state index in [1.165, 1.54) is 0 Å². The van der Waals surface area contributed by atoms with Crippen LogP contribution in [0.5, 0.6) is 0 Å². The SMILES string of the molecule is CC1CN(C)CCN1CC(O)CNC(C)(C)C. The maximum atomic E-state index is 10.0. The number of hydrogen-bond acceptors (Lipinski definition) is 4. The van der Waals surface area contributed by atoms with E-state index in [0.29, 0.717) is 12.6 Å². The van der Waals surface area contributed by atoms with E-state index in [1.807, 2.05) is 0 Å². The third-order valence-electron chi connectivity index (χ3n) is 3.28. The first-order chi connectivity index (χ1) is 7.78. The van der Waals surface area contributed by atoms with Gasteiger partial charge in [0.05, 0.1) is 6.10 Å². The first-order valence-corrected chi connectivity index (χ1v) is 6.63. The van der Waals surface area contributed by atoms with E-state index in [2.05, 4.69) is 49.9 Å². The molecule has 0 amide bonds. The third kappa shape index (κ3) is 5.82. The van der Waals surface area contributed by atoms with E-state index in [9.17, 15) is 5.11 Å². The molecule has 4 heteroatoms. The molecule has 102 valence electrons. The lowest BCUT2D eigenvalue weighted by Gasteiger charge is -2.39. The number of β-amino-alcohol motifs (C(OH)–C–C–N with tert-alkyl or cyclic N) is 1. The van der Waals surface area contributed by atoms with Crippen LogP contribution in [0, 0.1) is 0 Å². The third-order valence-corrected chi connectivity index (χ3v) is 3.28. The average Bonchev–Trinajstić information content (AvgIpc) is 2.18. The summed E-state index contributed by atoms with van der Waals surface area (Å²) in [5.74, 6) is 0. The molecule has 1 aliphatic rings. The van der Waals surface area contributed by atoms with Crippen molar-refractivity contribution < 1.29 is 5.11 Å². The van der Waals surface area contributed by atoms with Crippen molar-refractivity contribution in [2.75, 3.05) is 39.8 Å².